The van der Waals surface area contributed by atoms with Crippen molar-refractivity contribution < 1.29 is 4.74 Å². The summed E-state index contributed by atoms with van der Waals surface area (Å²) in [4.78, 5) is 0. The van der Waals surface area contributed by atoms with Crippen molar-refractivity contribution in [2.75, 3.05) is 6.61 Å². The first-order valence-electron chi connectivity index (χ1n) is 6.11. The normalized spacial score (nSPS) is 16.5. The van der Waals surface area contributed by atoms with Gasteiger partial charge in [-0.05, 0) is 25.0 Å². The monoisotopic (exact) mass is 214 g/mol. The van der Waals surface area contributed by atoms with Gasteiger partial charge < -0.3 is 4.74 Å². The molecular weight excluding hydrogens is 196 g/mol. The zero-order valence-electron chi connectivity index (χ0n) is 9.61. The summed E-state index contributed by atoms with van der Waals surface area (Å²) in [6.07, 6.45) is 6.89. The number of benzene rings is 1. The molecule has 16 heavy (non-hydrogen) atoms. The van der Waals surface area contributed by atoms with Crippen molar-refractivity contribution in [3.63, 3.8) is 0 Å². The van der Waals surface area contributed by atoms with Crippen molar-refractivity contribution in [2.45, 2.75) is 38.2 Å². The molecule has 0 bridgehead atoms. The van der Waals surface area contributed by atoms with Crippen LogP contribution < -0.4 is 0 Å². The summed E-state index contributed by atoms with van der Waals surface area (Å²) in [7, 11) is 0. The van der Waals surface area contributed by atoms with Gasteiger partial charge in [0.1, 0.15) is 6.61 Å². The van der Waals surface area contributed by atoms with Crippen LogP contribution in [0.15, 0.2) is 30.3 Å². The second-order valence-corrected chi connectivity index (χ2v) is 4.24. The first-order valence-corrected chi connectivity index (χ1v) is 6.11. The van der Waals surface area contributed by atoms with Crippen LogP contribution in [0.1, 0.15) is 37.7 Å². The van der Waals surface area contributed by atoms with Crippen molar-refractivity contribution in [3.05, 3.63) is 35.9 Å². The molecule has 1 fully saturated rings. The predicted octanol–water partition coefficient (Wildman–Crippen LogP) is 3.39. The highest BCUT2D eigenvalue weighted by atomic mass is 16.5. The lowest BCUT2D eigenvalue weighted by molar-refractivity contribution is 0.0497. The van der Waals surface area contributed by atoms with Gasteiger partial charge in [0.15, 0.2) is 0 Å². The molecule has 0 radical (unpaired) electrons. The van der Waals surface area contributed by atoms with Crippen LogP contribution in [-0.4, -0.2) is 12.7 Å². The zero-order chi connectivity index (χ0) is 11.1. The number of ether oxygens (including phenoxy) is 1. The Kier molecular flexibility index (Phi) is 4.46. The van der Waals surface area contributed by atoms with E-state index < -0.39 is 0 Å². The van der Waals surface area contributed by atoms with E-state index >= 15 is 0 Å². The van der Waals surface area contributed by atoms with Crippen LogP contribution in [0.2, 0.25) is 0 Å². The Balaban J connectivity index is 1.73. The van der Waals surface area contributed by atoms with Crippen LogP contribution in [0.3, 0.4) is 0 Å². The van der Waals surface area contributed by atoms with Crippen molar-refractivity contribution in [3.8, 4) is 11.8 Å². The summed E-state index contributed by atoms with van der Waals surface area (Å²) in [6, 6.07) is 10.1. The topological polar surface area (TPSA) is 9.23 Å². The van der Waals surface area contributed by atoms with Gasteiger partial charge in [-0.3, -0.25) is 0 Å². The van der Waals surface area contributed by atoms with Crippen molar-refractivity contribution in [2.24, 2.45) is 0 Å². The minimum absolute atomic E-state index is 0.457. The fourth-order valence-corrected chi connectivity index (χ4v) is 2.05. The third-order valence-corrected chi connectivity index (χ3v) is 2.95. The third kappa shape index (κ3) is 3.72. The maximum Gasteiger partial charge on any atom is 0.108 e. The van der Waals surface area contributed by atoms with E-state index in [0.29, 0.717) is 12.7 Å². The van der Waals surface area contributed by atoms with E-state index in [1.165, 1.54) is 32.1 Å². The molecule has 1 aromatic carbocycles. The highest BCUT2D eigenvalue weighted by Crippen LogP contribution is 2.19. The lowest BCUT2D eigenvalue weighted by atomic mass is 9.98. The van der Waals surface area contributed by atoms with Gasteiger partial charge in [0.2, 0.25) is 0 Å². The summed E-state index contributed by atoms with van der Waals surface area (Å²) in [5.41, 5.74) is 1.06. The van der Waals surface area contributed by atoms with Gasteiger partial charge in [0.25, 0.3) is 0 Å². The van der Waals surface area contributed by atoms with E-state index in [1.54, 1.807) is 0 Å². The number of hydrogen-bond donors (Lipinski definition) is 0. The molecule has 0 spiro atoms. The van der Waals surface area contributed by atoms with Gasteiger partial charge in [-0.2, -0.15) is 0 Å². The zero-order valence-corrected chi connectivity index (χ0v) is 9.61. The Morgan fingerprint density at radius 3 is 2.56 bits per heavy atom. The van der Waals surface area contributed by atoms with Crippen LogP contribution in [-0.2, 0) is 4.74 Å². The highest BCUT2D eigenvalue weighted by molar-refractivity contribution is 5.33. The van der Waals surface area contributed by atoms with Crippen LogP contribution in [0.5, 0.6) is 0 Å². The standard InChI is InChI=1S/C15H18O/c1-3-8-14(9-4-1)10-7-13-16-15-11-5-2-6-12-15/h1,3-4,8-9,15H,2,5-6,11-13H2. The fraction of sp³-hybridized carbons (Fsp3) is 0.467. The van der Waals surface area contributed by atoms with Crippen LogP contribution in [0.4, 0.5) is 0 Å². The van der Waals surface area contributed by atoms with Gasteiger partial charge in [-0.25, -0.2) is 0 Å². The minimum atomic E-state index is 0.457. The summed E-state index contributed by atoms with van der Waals surface area (Å²) in [5.74, 6) is 6.19. The molecule has 84 valence electrons. The van der Waals surface area contributed by atoms with Crippen molar-refractivity contribution >= 4 is 0 Å². The number of hydrogen-bond acceptors (Lipinski definition) is 1. The molecule has 0 amide bonds. The van der Waals surface area contributed by atoms with E-state index in [-0.39, 0.29) is 0 Å². The Hall–Kier alpha value is -1.26. The van der Waals surface area contributed by atoms with E-state index in [9.17, 15) is 0 Å². The SMILES string of the molecule is C(#Cc1ccccc1)COC1CCCCC1. The molecule has 0 aliphatic heterocycles. The lowest BCUT2D eigenvalue weighted by Gasteiger charge is -2.20. The molecule has 0 N–H and O–H groups in total. The van der Waals surface area contributed by atoms with E-state index in [4.69, 9.17) is 4.74 Å². The molecule has 0 saturated heterocycles. The second kappa shape index (κ2) is 6.35. The molecule has 1 aliphatic rings. The molecule has 1 heteroatoms. The number of rotatable bonds is 2. The first-order chi connectivity index (χ1) is 7.95. The Bertz CT molecular complexity index is 352. The molecule has 0 unspecified atom stereocenters. The lowest BCUT2D eigenvalue weighted by Crippen LogP contribution is -2.16. The largest absolute Gasteiger partial charge is 0.366 e. The Morgan fingerprint density at radius 1 is 1.06 bits per heavy atom. The Labute approximate surface area is 97.8 Å². The third-order valence-electron chi connectivity index (χ3n) is 2.95. The molecule has 0 heterocycles. The highest BCUT2D eigenvalue weighted by Gasteiger charge is 2.12. The van der Waals surface area contributed by atoms with Gasteiger partial charge in [-0.1, -0.05) is 49.3 Å². The van der Waals surface area contributed by atoms with Crippen LogP contribution in [0.25, 0.3) is 0 Å². The fourth-order valence-electron chi connectivity index (χ4n) is 2.05. The molecule has 0 aromatic heterocycles. The summed E-state index contributed by atoms with van der Waals surface area (Å²) in [5, 5.41) is 0. The van der Waals surface area contributed by atoms with Gasteiger partial charge in [0, 0.05) is 5.56 Å². The average molecular weight is 214 g/mol. The maximum atomic E-state index is 5.73. The average Bonchev–Trinajstić information content (AvgIpc) is 2.37. The van der Waals surface area contributed by atoms with E-state index in [1.807, 2.05) is 30.3 Å². The quantitative estimate of drug-likeness (QED) is 0.686. The van der Waals surface area contributed by atoms with Crippen molar-refractivity contribution in [1.82, 2.24) is 0 Å². The summed E-state index contributed by atoms with van der Waals surface area (Å²) in [6.45, 7) is 0.569. The summed E-state index contributed by atoms with van der Waals surface area (Å²) >= 11 is 0. The van der Waals surface area contributed by atoms with Gasteiger partial charge in [-0.15, -0.1) is 0 Å². The molecule has 1 nitrogen and oxygen atoms in total. The smallest absolute Gasteiger partial charge is 0.108 e. The van der Waals surface area contributed by atoms with Crippen molar-refractivity contribution in [1.29, 1.82) is 0 Å². The summed E-state index contributed by atoms with van der Waals surface area (Å²) < 4.78 is 5.73. The van der Waals surface area contributed by atoms with Gasteiger partial charge in [0.05, 0.1) is 6.10 Å². The molecular formula is C15H18O. The maximum absolute atomic E-state index is 5.73. The minimum Gasteiger partial charge on any atom is -0.366 e. The molecule has 1 saturated carbocycles. The molecule has 0 atom stereocenters. The molecule has 2 rings (SSSR count). The van der Waals surface area contributed by atoms with E-state index in [2.05, 4.69) is 11.8 Å². The van der Waals surface area contributed by atoms with Gasteiger partial charge >= 0.3 is 0 Å². The molecule has 1 aliphatic carbocycles. The van der Waals surface area contributed by atoms with Crippen LogP contribution >= 0.6 is 0 Å². The Morgan fingerprint density at radius 2 is 1.81 bits per heavy atom. The van der Waals surface area contributed by atoms with E-state index in [0.717, 1.165) is 5.56 Å². The van der Waals surface area contributed by atoms with Crippen LogP contribution in [0, 0.1) is 11.8 Å². The second-order valence-electron chi connectivity index (χ2n) is 4.24. The predicted molar refractivity (Wildman–Crippen MR) is 66.1 cm³/mol. The first kappa shape index (κ1) is 11.2. The molecule has 1 aromatic rings.